The summed E-state index contributed by atoms with van der Waals surface area (Å²) in [6.07, 6.45) is 2.93. The van der Waals surface area contributed by atoms with Gasteiger partial charge in [-0.2, -0.15) is 10.2 Å². The van der Waals surface area contributed by atoms with Crippen molar-refractivity contribution in [2.75, 3.05) is 11.5 Å². The van der Waals surface area contributed by atoms with E-state index in [0.717, 1.165) is 17.2 Å². The molecule has 1 fully saturated rings. The van der Waals surface area contributed by atoms with Crippen LogP contribution in [0.3, 0.4) is 0 Å². The number of nitrogens with zero attached hydrogens (tertiary/aromatic N) is 3. The molecule has 1 saturated heterocycles. The van der Waals surface area contributed by atoms with Crippen molar-refractivity contribution in [1.29, 1.82) is 5.26 Å². The van der Waals surface area contributed by atoms with Crippen LogP contribution in [-0.2, 0) is 14.6 Å². The molecule has 1 atom stereocenters. The lowest BCUT2D eigenvalue weighted by atomic mass is 10.1. The van der Waals surface area contributed by atoms with Gasteiger partial charge >= 0.3 is 0 Å². The molecule has 0 spiro atoms. The smallest absolute Gasteiger partial charge is 0.269 e. The molecule has 34 heavy (non-hydrogen) atoms. The Morgan fingerprint density at radius 1 is 1.26 bits per heavy atom. The van der Waals surface area contributed by atoms with Gasteiger partial charge in [-0.15, -0.1) is 0 Å². The van der Waals surface area contributed by atoms with E-state index < -0.39 is 27.3 Å². The monoisotopic (exact) mass is 478 g/mol. The van der Waals surface area contributed by atoms with E-state index in [0.29, 0.717) is 11.4 Å². The van der Waals surface area contributed by atoms with Crippen molar-refractivity contribution >= 4 is 27.5 Å². The highest BCUT2D eigenvalue weighted by Gasteiger charge is 2.30. The van der Waals surface area contributed by atoms with Crippen molar-refractivity contribution in [2.45, 2.75) is 26.3 Å². The summed E-state index contributed by atoms with van der Waals surface area (Å²) in [5.41, 5.74) is 1.23. The summed E-state index contributed by atoms with van der Waals surface area (Å²) in [5, 5.41) is 12.2. The molecule has 9 nitrogen and oxygen atoms in total. The van der Waals surface area contributed by atoms with Crippen LogP contribution >= 0.6 is 0 Å². The van der Waals surface area contributed by atoms with Crippen LogP contribution in [0, 0.1) is 25.2 Å². The van der Waals surface area contributed by atoms with Crippen molar-refractivity contribution in [3.05, 3.63) is 75.2 Å². The third kappa shape index (κ3) is 4.70. The van der Waals surface area contributed by atoms with Crippen molar-refractivity contribution in [3.8, 4) is 17.7 Å². The van der Waals surface area contributed by atoms with E-state index in [4.69, 9.17) is 4.74 Å². The molecule has 1 amide bonds. The standard InChI is InChI=1S/C24H22N4O5S/c1-15-6-5-7-20(16(15)2)33-23-19(24(30)28-10-4-3-8-21(28)27-23)12-17(13-25)22(29)26-18-9-11-34(31,32)14-18/h3-8,10,12,18H,9,11,14H2,1-2H3,(H,26,29)/b17-12+/t18-/m0/s1. The summed E-state index contributed by atoms with van der Waals surface area (Å²) < 4.78 is 30.7. The minimum absolute atomic E-state index is 0.0205. The number of benzene rings is 1. The fourth-order valence-electron chi connectivity index (χ4n) is 3.69. The van der Waals surface area contributed by atoms with Gasteiger partial charge in [-0.25, -0.2) is 8.42 Å². The number of pyridine rings is 1. The number of amides is 1. The van der Waals surface area contributed by atoms with Crippen molar-refractivity contribution in [1.82, 2.24) is 14.7 Å². The molecule has 0 bridgehead atoms. The average molecular weight is 479 g/mol. The van der Waals surface area contributed by atoms with Gasteiger partial charge in [-0.05, 0) is 55.7 Å². The normalized spacial score (nSPS) is 17.3. The SMILES string of the molecule is Cc1cccc(Oc2nc3ccccn3c(=O)c2/C=C(\C#N)C(=O)N[C@H]2CCS(=O)(=O)C2)c1C. The number of hydrogen-bond donors (Lipinski definition) is 1. The zero-order valence-corrected chi connectivity index (χ0v) is 19.4. The average Bonchev–Trinajstić information content (AvgIpc) is 3.14. The molecule has 3 aromatic rings. The van der Waals surface area contributed by atoms with E-state index in [1.165, 1.54) is 10.6 Å². The molecule has 0 aliphatic carbocycles. The van der Waals surface area contributed by atoms with Crippen LogP contribution in [0.2, 0.25) is 0 Å². The Balaban J connectivity index is 1.78. The van der Waals surface area contributed by atoms with E-state index in [1.807, 2.05) is 26.0 Å². The number of fused-ring (bicyclic) bond motifs is 1. The van der Waals surface area contributed by atoms with E-state index in [9.17, 15) is 23.3 Å². The third-order valence-corrected chi connectivity index (χ3v) is 7.48. The summed E-state index contributed by atoms with van der Waals surface area (Å²) in [5.74, 6) is -0.527. The number of aryl methyl sites for hydroxylation is 1. The summed E-state index contributed by atoms with van der Waals surface area (Å²) in [6.45, 7) is 3.80. The van der Waals surface area contributed by atoms with E-state index in [2.05, 4.69) is 10.3 Å². The van der Waals surface area contributed by atoms with Crippen LogP contribution in [0.5, 0.6) is 11.6 Å². The molecule has 4 rings (SSSR count). The lowest BCUT2D eigenvalue weighted by Gasteiger charge is -2.13. The number of carbonyl (C=O) groups is 1. The molecular formula is C24H22N4O5S. The highest BCUT2D eigenvalue weighted by molar-refractivity contribution is 7.91. The van der Waals surface area contributed by atoms with Crippen molar-refractivity contribution in [2.24, 2.45) is 0 Å². The van der Waals surface area contributed by atoms with E-state index >= 15 is 0 Å². The second-order valence-electron chi connectivity index (χ2n) is 8.11. The number of nitriles is 1. The zero-order chi connectivity index (χ0) is 24.5. The van der Waals surface area contributed by atoms with Gasteiger partial charge in [0.1, 0.15) is 28.6 Å². The molecular weight excluding hydrogens is 456 g/mol. The molecule has 1 aliphatic rings. The Morgan fingerprint density at radius 3 is 2.76 bits per heavy atom. The molecule has 0 unspecified atom stereocenters. The molecule has 10 heteroatoms. The number of sulfone groups is 1. The number of nitrogens with one attached hydrogen (secondary N) is 1. The summed E-state index contributed by atoms with van der Waals surface area (Å²) >= 11 is 0. The number of hydrogen-bond acceptors (Lipinski definition) is 7. The Kier molecular flexibility index (Phi) is 6.22. The van der Waals surface area contributed by atoms with Gasteiger partial charge in [0, 0.05) is 12.2 Å². The topological polar surface area (TPSA) is 131 Å². The van der Waals surface area contributed by atoms with Crippen LogP contribution in [0.1, 0.15) is 23.1 Å². The first-order chi connectivity index (χ1) is 16.2. The first kappa shape index (κ1) is 23.2. The van der Waals surface area contributed by atoms with Crippen molar-refractivity contribution in [3.63, 3.8) is 0 Å². The third-order valence-electron chi connectivity index (χ3n) is 5.72. The Morgan fingerprint density at radius 2 is 2.06 bits per heavy atom. The molecule has 1 aromatic carbocycles. The van der Waals surface area contributed by atoms with Gasteiger partial charge in [-0.3, -0.25) is 14.0 Å². The number of carbonyl (C=O) groups excluding carboxylic acids is 1. The second kappa shape index (κ2) is 9.11. The molecule has 3 heterocycles. The summed E-state index contributed by atoms with van der Waals surface area (Å²) in [6, 6.07) is 11.7. The number of ether oxygens (including phenoxy) is 1. The van der Waals surface area contributed by atoms with Crippen LogP contribution in [0.15, 0.2) is 53.0 Å². The fourth-order valence-corrected chi connectivity index (χ4v) is 5.36. The summed E-state index contributed by atoms with van der Waals surface area (Å²) in [4.78, 5) is 30.4. The number of rotatable bonds is 5. The fraction of sp³-hybridized carbons (Fsp3) is 0.250. The van der Waals surface area contributed by atoms with Gasteiger partial charge < -0.3 is 10.1 Å². The van der Waals surface area contributed by atoms with Crippen molar-refractivity contribution < 1.29 is 17.9 Å². The lowest BCUT2D eigenvalue weighted by molar-refractivity contribution is -0.117. The van der Waals surface area contributed by atoms with Crippen LogP contribution in [0.25, 0.3) is 11.7 Å². The molecule has 1 aliphatic heterocycles. The molecule has 1 N–H and O–H groups in total. The predicted octanol–water partition coefficient (Wildman–Crippen LogP) is 2.31. The molecule has 0 radical (unpaired) electrons. The molecule has 0 saturated carbocycles. The highest BCUT2D eigenvalue weighted by Crippen LogP contribution is 2.28. The predicted molar refractivity (Wildman–Crippen MR) is 126 cm³/mol. The van der Waals surface area contributed by atoms with Gasteiger partial charge in [0.15, 0.2) is 9.84 Å². The van der Waals surface area contributed by atoms with Gasteiger partial charge in [0.05, 0.1) is 11.5 Å². The number of aromatic nitrogens is 2. The quantitative estimate of drug-likeness (QED) is 0.440. The first-order valence-electron chi connectivity index (χ1n) is 10.6. The van der Waals surface area contributed by atoms with Gasteiger partial charge in [0.2, 0.25) is 5.88 Å². The Hall–Kier alpha value is -3.97. The van der Waals surface area contributed by atoms with Gasteiger partial charge in [-0.1, -0.05) is 18.2 Å². The minimum atomic E-state index is -3.21. The Bertz CT molecular complexity index is 1530. The van der Waals surface area contributed by atoms with Crippen LogP contribution in [-0.4, -0.2) is 41.3 Å². The Labute approximate surface area is 196 Å². The van der Waals surface area contributed by atoms with Crippen LogP contribution < -0.4 is 15.6 Å². The maximum atomic E-state index is 13.3. The largest absolute Gasteiger partial charge is 0.438 e. The first-order valence-corrected chi connectivity index (χ1v) is 12.4. The maximum Gasteiger partial charge on any atom is 0.269 e. The molecule has 2 aromatic heterocycles. The molecule has 174 valence electrons. The minimum Gasteiger partial charge on any atom is -0.438 e. The lowest BCUT2D eigenvalue weighted by Crippen LogP contribution is -2.36. The summed E-state index contributed by atoms with van der Waals surface area (Å²) in [7, 11) is -3.21. The van der Waals surface area contributed by atoms with Crippen LogP contribution in [0.4, 0.5) is 0 Å². The van der Waals surface area contributed by atoms with E-state index in [1.54, 1.807) is 30.3 Å². The zero-order valence-electron chi connectivity index (χ0n) is 18.6. The second-order valence-corrected chi connectivity index (χ2v) is 10.3. The van der Waals surface area contributed by atoms with E-state index in [-0.39, 0.29) is 34.9 Å². The highest BCUT2D eigenvalue weighted by atomic mass is 32.2. The maximum absolute atomic E-state index is 13.3. The van der Waals surface area contributed by atoms with Gasteiger partial charge in [0.25, 0.3) is 11.5 Å².